The molecule has 0 radical (unpaired) electrons. The van der Waals surface area contributed by atoms with Gasteiger partial charge in [0.2, 0.25) is 9.84 Å². The van der Waals surface area contributed by atoms with Crippen molar-refractivity contribution in [2.24, 2.45) is 10.7 Å². The van der Waals surface area contributed by atoms with Gasteiger partial charge in [0.05, 0.1) is 36.7 Å². The fourth-order valence-electron chi connectivity index (χ4n) is 4.26. The van der Waals surface area contributed by atoms with Crippen molar-refractivity contribution in [2.75, 3.05) is 10.6 Å². The van der Waals surface area contributed by atoms with E-state index in [0.29, 0.717) is 23.4 Å². The fourth-order valence-corrected chi connectivity index (χ4v) is 6.23. The lowest BCUT2D eigenvalue weighted by atomic mass is 10.1. The molecule has 0 saturated carbocycles. The van der Waals surface area contributed by atoms with Crippen LogP contribution in [0.1, 0.15) is 27.0 Å². The van der Waals surface area contributed by atoms with Crippen molar-refractivity contribution in [3.05, 3.63) is 117 Å². The van der Waals surface area contributed by atoms with E-state index in [9.17, 15) is 36.3 Å². The van der Waals surface area contributed by atoms with Gasteiger partial charge in [-0.25, -0.2) is 18.2 Å². The number of nitrogens with two attached hydrogens (primary N) is 1. The number of halogens is 5. The van der Waals surface area contributed by atoms with Crippen LogP contribution >= 0.6 is 23.2 Å². The summed E-state index contributed by atoms with van der Waals surface area (Å²) < 4.78 is 67.3. The fraction of sp³-hybridized carbons (Fsp3) is 0.129. The summed E-state index contributed by atoms with van der Waals surface area (Å²) in [5.41, 5.74) is 5.87. The highest BCUT2D eigenvalue weighted by Gasteiger charge is 2.33. The van der Waals surface area contributed by atoms with Crippen LogP contribution in [0.4, 0.5) is 24.5 Å². The second kappa shape index (κ2) is 13.8. The number of anilines is 2. The highest BCUT2D eigenvalue weighted by Crippen LogP contribution is 2.35. The smallest absolute Gasteiger partial charge is 0.416 e. The van der Waals surface area contributed by atoms with E-state index in [0.717, 1.165) is 11.6 Å². The number of sulfone groups is 1. The topological polar surface area (TPSA) is 151 Å². The largest absolute Gasteiger partial charge is 0.480 e. The molecule has 0 aliphatic rings. The third-order valence-electron chi connectivity index (χ3n) is 6.60. The molecular weight excluding hydrogens is 668 g/mol. The van der Waals surface area contributed by atoms with Gasteiger partial charge in [-0.2, -0.15) is 13.2 Å². The number of carbonyl (C=O) groups is 2. The number of hydrogen-bond donors (Lipinski definition) is 4. The Morgan fingerprint density at radius 1 is 0.935 bits per heavy atom. The van der Waals surface area contributed by atoms with E-state index in [-0.39, 0.29) is 26.9 Å². The van der Waals surface area contributed by atoms with E-state index in [1.807, 2.05) is 0 Å². The van der Waals surface area contributed by atoms with Gasteiger partial charge in [-0.1, -0.05) is 59.1 Å². The van der Waals surface area contributed by atoms with Crippen molar-refractivity contribution < 1.29 is 36.3 Å². The van der Waals surface area contributed by atoms with Crippen molar-refractivity contribution in [1.82, 2.24) is 0 Å². The van der Waals surface area contributed by atoms with E-state index >= 15 is 0 Å². The molecule has 4 aromatic carbocycles. The van der Waals surface area contributed by atoms with Crippen LogP contribution in [-0.2, 0) is 27.2 Å². The Morgan fingerprint density at radius 3 is 2.11 bits per heavy atom. The third kappa shape index (κ3) is 8.16. The van der Waals surface area contributed by atoms with Crippen molar-refractivity contribution in [3.63, 3.8) is 0 Å². The Balaban J connectivity index is 1.57. The minimum absolute atomic E-state index is 0.0776. The first kappa shape index (κ1) is 34.3. The zero-order valence-corrected chi connectivity index (χ0v) is 26.1. The predicted octanol–water partition coefficient (Wildman–Crippen LogP) is 6.83. The standard InChI is InChI=1S/C31H25Cl2F3N4O5S/c1-17-5-12-21(13-6-17)46(44,45)26-14-9-19(31(34,35)36)16-24(26)39-30(37)40-25(29(42)43)15-18-7-10-20(11-8-18)38-28(41)27-22(32)3-2-4-23(27)33/h2-14,16,25H,15H2,1H3,(H,38,41)(H,42,43)(H3,37,39,40)/t25-/m0/s1. The molecule has 4 rings (SSSR count). The number of aliphatic carboxylic acids is 1. The molecule has 0 heterocycles. The zero-order chi connectivity index (χ0) is 33.8. The molecule has 4 aromatic rings. The summed E-state index contributed by atoms with van der Waals surface area (Å²) in [6.07, 6.45) is -5.03. The number of benzene rings is 4. The van der Waals surface area contributed by atoms with Crippen molar-refractivity contribution in [2.45, 2.75) is 35.4 Å². The molecule has 0 fully saturated rings. The predicted molar refractivity (Wildman–Crippen MR) is 169 cm³/mol. The van der Waals surface area contributed by atoms with Gasteiger partial charge >= 0.3 is 12.1 Å². The first-order valence-electron chi connectivity index (χ1n) is 13.3. The number of carboxylic acid groups (broad SMARTS) is 1. The molecule has 46 heavy (non-hydrogen) atoms. The monoisotopic (exact) mass is 692 g/mol. The molecule has 0 unspecified atom stereocenters. The summed E-state index contributed by atoms with van der Waals surface area (Å²) in [4.78, 5) is 27.9. The Hall–Kier alpha value is -4.59. The maximum atomic E-state index is 13.5. The SMILES string of the molecule is Cc1ccc(S(=O)(=O)c2ccc(C(F)(F)F)cc2NC(N)=N[C@@H](Cc2ccc(NC(=O)c3c(Cl)cccc3Cl)cc2)C(=O)O)cc1. The highest BCUT2D eigenvalue weighted by atomic mass is 35.5. The van der Waals surface area contributed by atoms with Crippen LogP contribution in [0.25, 0.3) is 0 Å². The molecule has 15 heteroatoms. The lowest BCUT2D eigenvalue weighted by Crippen LogP contribution is -2.30. The van der Waals surface area contributed by atoms with Crippen LogP contribution in [0, 0.1) is 6.92 Å². The number of amides is 1. The first-order valence-corrected chi connectivity index (χ1v) is 15.5. The number of aliphatic imine (C=N–C) groups is 1. The maximum Gasteiger partial charge on any atom is 0.416 e. The minimum Gasteiger partial charge on any atom is -0.480 e. The molecule has 0 bridgehead atoms. The Bertz CT molecular complexity index is 1900. The van der Waals surface area contributed by atoms with E-state index in [4.69, 9.17) is 28.9 Å². The van der Waals surface area contributed by atoms with E-state index < -0.39 is 56.0 Å². The van der Waals surface area contributed by atoms with E-state index in [1.54, 1.807) is 13.0 Å². The van der Waals surface area contributed by atoms with Gasteiger partial charge in [0, 0.05) is 12.1 Å². The summed E-state index contributed by atoms with van der Waals surface area (Å²) >= 11 is 12.2. The molecular formula is C31H25Cl2F3N4O5S. The minimum atomic E-state index is -4.82. The second-order valence-corrected chi connectivity index (χ2v) is 12.7. The highest BCUT2D eigenvalue weighted by molar-refractivity contribution is 7.91. The summed E-state index contributed by atoms with van der Waals surface area (Å²) in [5, 5.41) is 15.1. The number of nitrogens with zero attached hydrogens (tertiary/aromatic N) is 1. The van der Waals surface area contributed by atoms with Crippen LogP contribution in [0.5, 0.6) is 0 Å². The first-order chi connectivity index (χ1) is 21.6. The van der Waals surface area contributed by atoms with Gasteiger partial charge in [0.25, 0.3) is 5.91 Å². The second-order valence-electron chi connectivity index (χ2n) is 9.97. The average Bonchev–Trinajstić information content (AvgIpc) is 2.97. The maximum absolute atomic E-state index is 13.5. The molecule has 9 nitrogen and oxygen atoms in total. The van der Waals surface area contributed by atoms with Gasteiger partial charge in [-0.15, -0.1) is 0 Å². The quantitative estimate of drug-likeness (QED) is 0.111. The van der Waals surface area contributed by atoms with E-state index in [2.05, 4.69) is 15.6 Å². The Labute approximate surface area is 271 Å². The third-order valence-corrected chi connectivity index (χ3v) is 9.06. The lowest BCUT2D eigenvalue weighted by molar-refractivity contribution is -0.138. The Morgan fingerprint density at radius 2 is 1.54 bits per heavy atom. The van der Waals surface area contributed by atoms with Gasteiger partial charge in [-0.05, 0) is 67.1 Å². The summed E-state index contributed by atoms with van der Waals surface area (Å²) in [7, 11) is -4.32. The van der Waals surface area contributed by atoms with Gasteiger partial charge in [-0.3, -0.25) is 4.79 Å². The van der Waals surface area contributed by atoms with Crippen LogP contribution in [0.3, 0.4) is 0 Å². The average molecular weight is 694 g/mol. The number of rotatable bonds is 9. The van der Waals surface area contributed by atoms with Gasteiger partial charge < -0.3 is 21.5 Å². The number of carboxylic acids is 1. The molecule has 1 amide bonds. The van der Waals surface area contributed by atoms with E-state index in [1.165, 1.54) is 60.7 Å². The van der Waals surface area contributed by atoms with Crippen LogP contribution in [0.15, 0.2) is 99.7 Å². The summed E-state index contributed by atoms with van der Waals surface area (Å²) in [6, 6.07) is 16.8. The van der Waals surface area contributed by atoms with Crippen molar-refractivity contribution in [1.29, 1.82) is 0 Å². The lowest BCUT2D eigenvalue weighted by Gasteiger charge is -2.16. The molecule has 0 aromatic heterocycles. The Kier molecular flexibility index (Phi) is 10.3. The molecule has 0 saturated heterocycles. The van der Waals surface area contributed by atoms with Crippen molar-refractivity contribution in [3.8, 4) is 0 Å². The van der Waals surface area contributed by atoms with Crippen LogP contribution in [0.2, 0.25) is 10.0 Å². The summed E-state index contributed by atoms with van der Waals surface area (Å²) in [6.45, 7) is 1.74. The van der Waals surface area contributed by atoms with Gasteiger partial charge in [0.1, 0.15) is 0 Å². The molecule has 1 atom stereocenters. The number of guanidine groups is 1. The van der Waals surface area contributed by atoms with Crippen LogP contribution in [-0.4, -0.2) is 37.4 Å². The van der Waals surface area contributed by atoms with Crippen molar-refractivity contribution >= 4 is 62.2 Å². The number of nitrogens with one attached hydrogen (secondary N) is 2. The molecule has 0 aliphatic carbocycles. The molecule has 0 aliphatic heterocycles. The molecule has 0 spiro atoms. The molecule has 5 N–H and O–H groups in total. The number of alkyl halides is 3. The number of carbonyl (C=O) groups excluding carboxylic acids is 1. The van der Waals surface area contributed by atoms with Crippen LogP contribution < -0.4 is 16.4 Å². The molecule has 240 valence electrons. The zero-order valence-electron chi connectivity index (χ0n) is 23.8. The normalized spacial score (nSPS) is 12.8. The summed E-state index contributed by atoms with van der Waals surface area (Å²) in [5.74, 6) is -2.60. The number of hydrogen-bond acceptors (Lipinski definition) is 5. The van der Waals surface area contributed by atoms with Gasteiger partial charge in [0.15, 0.2) is 12.0 Å². The number of aryl methyl sites for hydroxylation is 1.